The molecule has 0 aromatic carbocycles. The lowest BCUT2D eigenvalue weighted by molar-refractivity contribution is -0.135. The average molecular weight is 244 g/mol. The summed E-state index contributed by atoms with van der Waals surface area (Å²) in [6, 6.07) is 1.56. The maximum Gasteiger partial charge on any atom is 0.253 e. The summed E-state index contributed by atoms with van der Waals surface area (Å²) in [6.45, 7) is 3.79. The fraction of sp³-hybridized carbons (Fsp3) is 0.333. The molecule has 3 aliphatic rings. The van der Waals surface area contributed by atoms with Gasteiger partial charge in [0.2, 0.25) is 5.91 Å². The van der Waals surface area contributed by atoms with E-state index in [1.807, 2.05) is 0 Å². The van der Waals surface area contributed by atoms with E-state index in [0.717, 1.165) is 5.70 Å². The third-order valence-electron chi connectivity index (χ3n) is 3.59. The van der Waals surface area contributed by atoms with Crippen molar-refractivity contribution >= 4 is 11.8 Å². The van der Waals surface area contributed by atoms with Crippen molar-refractivity contribution < 1.29 is 9.59 Å². The number of hydrogen-bond acceptors (Lipinski definition) is 4. The molecule has 4 rings (SSSR count). The molecule has 3 fully saturated rings. The Kier molecular flexibility index (Phi) is 2.19. The molecular formula is C12H12N4O2. The number of carbonyl (C=O) groups is 2. The Morgan fingerprint density at radius 3 is 2.89 bits per heavy atom. The topological polar surface area (TPSA) is 84.0 Å². The van der Waals surface area contributed by atoms with Gasteiger partial charge in [0.25, 0.3) is 5.91 Å². The van der Waals surface area contributed by atoms with Gasteiger partial charge in [-0.2, -0.15) is 10.2 Å². The first-order valence-corrected chi connectivity index (χ1v) is 5.70. The predicted molar refractivity (Wildman–Crippen MR) is 62.2 cm³/mol. The van der Waals surface area contributed by atoms with Gasteiger partial charge in [-0.15, -0.1) is 0 Å². The van der Waals surface area contributed by atoms with Crippen molar-refractivity contribution in [2.24, 2.45) is 5.92 Å². The minimum Gasteiger partial charge on any atom is -0.338 e. The molecular weight excluding hydrogens is 232 g/mol. The van der Waals surface area contributed by atoms with E-state index in [2.05, 4.69) is 27.4 Å². The first-order valence-electron chi connectivity index (χ1n) is 5.70. The fourth-order valence-corrected chi connectivity index (χ4v) is 2.45. The minimum absolute atomic E-state index is 0.176. The normalized spacial score (nSPS) is 29.2. The Morgan fingerprint density at radius 1 is 1.50 bits per heavy atom. The van der Waals surface area contributed by atoms with Crippen LogP contribution in [0.2, 0.25) is 0 Å². The highest BCUT2D eigenvalue weighted by atomic mass is 16.2. The van der Waals surface area contributed by atoms with E-state index >= 15 is 0 Å². The van der Waals surface area contributed by atoms with Crippen molar-refractivity contribution in [3.05, 3.63) is 36.3 Å². The van der Waals surface area contributed by atoms with Gasteiger partial charge in [-0.1, -0.05) is 6.58 Å². The van der Waals surface area contributed by atoms with Crippen LogP contribution < -0.4 is 10.6 Å². The lowest BCUT2D eigenvalue weighted by atomic mass is 9.63. The van der Waals surface area contributed by atoms with Crippen LogP contribution in [0.15, 0.2) is 30.7 Å². The van der Waals surface area contributed by atoms with Crippen LogP contribution in [0, 0.1) is 5.92 Å². The second kappa shape index (κ2) is 3.63. The second-order valence-corrected chi connectivity index (χ2v) is 4.75. The van der Waals surface area contributed by atoms with Crippen LogP contribution in [0.25, 0.3) is 0 Å². The van der Waals surface area contributed by atoms with E-state index in [9.17, 15) is 9.59 Å². The van der Waals surface area contributed by atoms with Gasteiger partial charge in [0.05, 0.1) is 18.0 Å². The average Bonchev–Trinajstić information content (AvgIpc) is 2.32. The van der Waals surface area contributed by atoms with Crippen molar-refractivity contribution in [2.75, 3.05) is 0 Å². The Balaban J connectivity index is 1.77. The fourth-order valence-electron chi connectivity index (χ4n) is 2.45. The van der Waals surface area contributed by atoms with Crippen LogP contribution in [0.3, 0.4) is 0 Å². The number of carbonyl (C=O) groups excluding carboxylic acids is 2. The number of rotatable bonds is 2. The summed E-state index contributed by atoms with van der Waals surface area (Å²) in [7, 11) is 0. The molecule has 6 nitrogen and oxygen atoms in total. The van der Waals surface area contributed by atoms with E-state index in [-0.39, 0.29) is 17.7 Å². The number of amides is 2. The van der Waals surface area contributed by atoms with Crippen molar-refractivity contribution in [1.82, 2.24) is 20.8 Å². The molecule has 1 aromatic rings. The van der Waals surface area contributed by atoms with E-state index in [4.69, 9.17) is 0 Å². The van der Waals surface area contributed by atoms with Crippen molar-refractivity contribution in [3.63, 3.8) is 0 Å². The number of nitrogens with one attached hydrogen (secondary N) is 2. The molecule has 6 heteroatoms. The SMILES string of the molecule is C=C1NC(=O)C2(NC(=O)c3ccnnc3)CC1C2. The number of piperidine rings is 2. The van der Waals surface area contributed by atoms with Gasteiger partial charge in [-0.3, -0.25) is 9.59 Å². The third kappa shape index (κ3) is 1.49. The van der Waals surface area contributed by atoms with Crippen LogP contribution in [0.5, 0.6) is 0 Å². The van der Waals surface area contributed by atoms with Gasteiger partial charge >= 0.3 is 0 Å². The summed E-state index contributed by atoms with van der Waals surface area (Å²) in [5, 5.41) is 12.7. The standard InChI is InChI=1S/C12H12N4O2/c1-7-9-4-12(5-9,11(18)15-7)16-10(17)8-2-3-13-14-6-8/h2-3,6,9H,1,4-5H2,(H,15,18)(H,16,17). The smallest absolute Gasteiger partial charge is 0.253 e. The molecule has 0 unspecified atom stereocenters. The number of aromatic nitrogens is 2. The number of hydrogen-bond donors (Lipinski definition) is 2. The van der Waals surface area contributed by atoms with Crippen LogP contribution in [0.1, 0.15) is 23.2 Å². The minimum atomic E-state index is -0.772. The highest BCUT2D eigenvalue weighted by Crippen LogP contribution is 2.45. The Hall–Kier alpha value is -2.24. The van der Waals surface area contributed by atoms with E-state index < -0.39 is 5.54 Å². The highest BCUT2D eigenvalue weighted by molar-refractivity contribution is 6.00. The molecule has 2 N–H and O–H groups in total. The summed E-state index contributed by atoms with van der Waals surface area (Å²) in [4.78, 5) is 23.9. The maximum absolute atomic E-state index is 12.0. The maximum atomic E-state index is 12.0. The van der Waals surface area contributed by atoms with Gasteiger partial charge in [-0.05, 0) is 18.9 Å². The van der Waals surface area contributed by atoms with E-state index in [1.54, 1.807) is 6.07 Å². The number of nitrogens with zero attached hydrogens (tertiary/aromatic N) is 2. The van der Waals surface area contributed by atoms with Crippen LogP contribution >= 0.6 is 0 Å². The molecule has 0 radical (unpaired) electrons. The molecule has 2 amide bonds. The second-order valence-electron chi connectivity index (χ2n) is 4.75. The zero-order valence-corrected chi connectivity index (χ0v) is 9.64. The molecule has 2 aliphatic heterocycles. The molecule has 1 aromatic heterocycles. The van der Waals surface area contributed by atoms with Crippen LogP contribution in [0.4, 0.5) is 0 Å². The van der Waals surface area contributed by atoms with Gasteiger partial charge in [0.1, 0.15) is 5.54 Å². The third-order valence-corrected chi connectivity index (χ3v) is 3.59. The lowest BCUT2D eigenvalue weighted by Crippen LogP contribution is -2.70. The summed E-state index contributed by atoms with van der Waals surface area (Å²) < 4.78 is 0. The monoisotopic (exact) mass is 244 g/mol. The van der Waals surface area contributed by atoms with Gasteiger partial charge in [0.15, 0.2) is 0 Å². The van der Waals surface area contributed by atoms with Crippen molar-refractivity contribution in [1.29, 1.82) is 0 Å². The molecule has 1 aliphatic carbocycles. The van der Waals surface area contributed by atoms with Gasteiger partial charge in [0, 0.05) is 11.6 Å². The summed E-state index contributed by atoms with van der Waals surface area (Å²) in [5.41, 5.74) is 0.383. The predicted octanol–water partition coefficient (Wildman–Crippen LogP) is -0.00130. The summed E-state index contributed by atoms with van der Waals surface area (Å²) in [5.74, 6) is -0.199. The molecule has 0 atom stereocenters. The lowest BCUT2D eigenvalue weighted by Gasteiger charge is -2.51. The van der Waals surface area contributed by atoms with Crippen LogP contribution in [-0.4, -0.2) is 27.6 Å². The van der Waals surface area contributed by atoms with Crippen molar-refractivity contribution in [2.45, 2.75) is 18.4 Å². The number of allylic oxidation sites excluding steroid dienone is 1. The summed E-state index contributed by atoms with van der Waals surface area (Å²) in [6.07, 6.45) is 4.07. The summed E-state index contributed by atoms with van der Waals surface area (Å²) >= 11 is 0. The van der Waals surface area contributed by atoms with Gasteiger partial charge in [-0.25, -0.2) is 0 Å². The largest absolute Gasteiger partial charge is 0.338 e. The zero-order chi connectivity index (χ0) is 12.8. The molecule has 18 heavy (non-hydrogen) atoms. The molecule has 2 saturated heterocycles. The molecule has 0 spiro atoms. The van der Waals surface area contributed by atoms with Gasteiger partial charge < -0.3 is 10.6 Å². The molecule has 92 valence electrons. The highest BCUT2D eigenvalue weighted by Gasteiger charge is 2.56. The molecule has 1 saturated carbocycles. The Bertz CT molecular complexity index is 534. The molecule has 2 bridgehead atoms. The number of fused-ring (bicyclic) bond motifs is 2. The zero-order valence-electron chi connectivity index (χ0n) is 9.64. The Labute approximate surface area is 103 Å². The Morgan fingerprint density at radius 2 is 2.28 bits per heavy atom. The van der Waals surface area contributed by atoms with Crippen molar-refractivity contribution in [3.8, 4) is 0 Å². The van der Waals surface area contributed by atoms with Crippen LogP contribution in [-0.2, 0) is 4.79 Å². The first-order chi connectivity index (χ1) is 8.61. The van der Waals surface area contributed by atoms with E-state index in [0.29, 0.717) is 18.4 Å². The quantitative estimate of drug-likeness (QED) is 0.767. The van der Waals surface area contributed by atoms with E-state index in [1.165, 1.54) is 12.4 Å². The first kappa shape index (κ1) is 10.9. The molecule has 3 heterocycles.